The number of nitrogens with one attached hydrogen (secondary N) is 1. The Labute approximate surface area is 124 Å². The summed E-state index contributed by atoms with van der Waals surface area (Å²) in [6, 6.07) is 9.06. The zero-order chi connectivity index (χ0) is 14.5. The van der Waals surface area contributed by atoms with Crippen LogP contribution in [0.1, 0.15) is 12.0 Å². The van der Waals surface area contributed by atoms with Crippen LogP contribution >= 0.6 is 11.3 Å². The van der Waals surface area contributed by atoms with Gasteiger partial charge in [0.05, 0.1) is 15.0 Å². The summed E-state index contributed by atoms with van der Waals surface area (Å²) < 4.78 is 12.7. The molecule has 20 heavy (non-hydrogen) atoms. The number of hydrogen-bond acceptors (Lipinski definition) is 4. The number of carbonyl (C=O) groups is 1. The van der Waals surface area contributed by atoms with Crippen molar-refractivity contribution in [3.05, 3.63) is 41.3 Å². The molecule has 0 spiro atoms. The van der Waals surface area contributed by atoms with E-state index in [2.05, 4.69) is 5.32 Å². The largest absolute Gasteiger partial charge is 0.398 e. The van der Waals surface area contributed by atoms with Crippen LogP contribution in [0.2, 0.25) is 0 Å². The molecule has 1 atom stereocenters. The monoisotopic (exact) mass is 308 g/mol. The average molecular weight is 308 g/mol. The minimum atomic E-state index is -1.11. The Kier molecular flexibility index (Phi) is 4.92. The number of rotatable bonds is 5. The van der Waals surface area contributed by atoms with Gasteiger partial charge in [-0.1, -0.05) is 12.1 Å². The molecule has 0 bridgehead atoms. The van der Waals surface area contributed by atoms with E-state index in [1.54, 1.807) is 18.2 Å². The maximum Gasteiger partial charge on any atom is 0.225 e. The van der Waals surface area contributed by atoms with Gasteiger partial charge < -0.3 is 11.1 Å². The molecule has 0 saturated carbocycles. The number of hydrogen-bond donors (Lipinski definition) is 2. The van der Waals surface area contributed by atoms with E-state index in [-0.39, 0.29) is 12.3 Å². The van der Waals surface area contributed by atoms with Crippen LogP contribution in [0.5, 0.6) is 0 Å². The summed E-state index contributed by atoms with van der Waals surface area (Å²) in [7, 11) is -1.11. The Morgan fingerprint density at radius 1 is 1.35 bits per heavy atom. The molecule has 1 aromatic heterocycles. The van der Waals surface area contributed by atoms with Crippen LogP contribution < -0.4 is 11.1 Å². The topological polar surface area (TPSA) is 72.2 Å². The summed E-state index contributed by atoms with van der Waals surface area (Å²) in [6.45, 7) is 1.86. The summed E-state index contributed by atoms with van der Waals surface area (Å²) >= 11 is 1.44. The van der Waals surface area contributed by atoms with E-state index in [1.165, 1.54) is 11.3 Å². The molecule has 1 aromatic carbocycles. The summed E-state index contributed by atoms with van der Waals surface area (Å²) in [5.41, 5.74) is 7.98. The van der Waals surface area contributed by atoms with Gasteiger partial charge in [0.1, 0.15) is 0 Å². The fourth-order valence-corrected chi connectivity index (χ4v) is 3.78. The third-order valence-electron chi connectivity index (χ3n) is 2.88. The number of thiophene rings is 1. The number of nitrogen functional groups attached to an aromatic ring is 1. The fraction of sp³-hybridized carbons (Fsp3) is 0.214. The zero-order valence-corrected chi connectivity index (χ0v) is 12.7. The van der Waals surface area contributed by atoms with Gasteiger partial charge in [-0.3, -0.25) is 9.00 Å². The van der Waals surface area contributed by atoms with Crippen molar-refractivity contribution in [1.29, 1.82) is 0 Å². The molecule has 0 fully saturated rings. The first-order valence-electron chi connectivity index (χ1n) is 6.15. The number of nitrogens with two attached hydrogens (primary N) is 1. The molecule has 2 aromatic rings. The van der Waals surface area contributed by atoms with Crippen LogP contribution in [-0.4, -0.2) is 15.9 Å². The van der Waals surface area contributed by atoms with E-state index in [0.29, 0.717) is 17.1 Å². The molecule has 0 aliphatic carbocycles. The maximum absolute atomic E-state index is 11.9. The van der Waals surface area contributed by atoms with Gasteiger partial charge in [-0.2, -0.15) is 0 Å². The Morgan fingerprint density at radius 2 is 2.15 bits per heavy atom. The first-order chi connectivity index (χ1) is 9.58. The molecule has 3 N–H and O–H groups in total. The second-order valence-corrected chi connectivity index (χ2v) is 7.04. The molecular weight excluding hydrogens is 292 g/mol. The highest BCUT2D eigenvalue weighted by atomic mass is 32.2. The smallest absolute Gasteiger partial charge is 0.225 e. The molecule has 0 radical (unpaired) electrons. The lowest BCUT2D eigenvalue weighted by Crippen LogP contribution is -2.15. The van der Waals surface area contributed by atoms with Crippen molar-refractivity contribution < 1.29 is 9.00 Å². The van der Waals surface area contributed by atoms with Crippen LogP contribution in [0.25, 0.3) is 0 Å². The molecule has 2 rings (SSSR count). The molecular formula is C14H16N2O2S2. The number of carbonyl (C=O) groups excluding carboxylic acids is 1. The van der Waals surface area contributed by atoms with Crippen LogP contribution in [0.15, 0.2) is 39.9 Å². The number of benzene rings is 1. The molecule has 0 aliphatic rings. The van der Waals surface area contributed by atoms with E-state index in [9.17, 15) is 9.00 Å². The predicted molar refractivity (Wildman–Crippen MR) is 84.4 cm³/mol. The summed E-state index contributed by atoms with van der Waals surface area (Å²) in [5, 5.41) is 4.68. The van der Waals surface area contributed by atoms with E-state index in [0.717, 1.165) is 9.77 Å². The highest BCUT2D eigenvalue weighted by Crippen LogP contribution is 2.20. The van der Waals surface area contributed by atoms with Crippen molar-refractivity contribution in [1.82, 2.24) is 0 Å². The molecule has 106 valence electrons. The highest BCUT2D eigenvalue weighted by molar-refractivity contribution is 7.87. The Balaban J connectivity index is 1.90. The quantitative estimate of drug-likeness (QED) is 0.834. The normalized spacial score (nSPS) is 12.1. The van der Waals surface area contributed by atoms with Crippen molar-refractivity contribution in [2.45, 2.75) is 17.6 Å². The lowest BCUT2D eigenvalue weighted by Gasteiger charge is -2.09. The molecule has 1 heterocycles. The van der Waals surface area contributed by atoms with Crippen molar-refractivity contribution in [2.75, 3.05) is 16.8 Å². The second kappa shape index (κ2) is 6.67. The van der Waals surface area contributed by atoms with Gasteiger partial charge in [-0.05, 0) is 36.1 Å². The average Bonchev–Trinajstić information content (AvgIpc) is 2.95. The number of amides is 1. The standard InChI is InChI=1S/C14H16N2O2S2/c1-10-11(15)4-2-5-12(10)16-13(17)7-9-20(18)14-6-3-8-19-14/h2-6,8H,7,9,15H2,1H3,(H,16,17). The first kappa shape index (κ1) is 14.7. The van der Waals surface area contributed by atoms with Crippen LogP contribution in [0.3, 0.4) is 0 Å². The number of anilines is 2. The predicted octanol–water partition coefficient (Wildman–Crippen LogP) is 2.78. The molecule has 4 nitrogen and oxygen atoms in total. The van der Waals surface area contributed by atoms with Crippen molar-refractivity contribution in [3.8, 4) is 0 Å². The van der Waals surface area contributed by atoms with Gasteiger partial charge in [-0.15, -0.1) is 11.3 Å². The van der Waals surface area contributed by atoms with Gasteiger partial charge in [0, 0.05) is 23.5 Å². The van der Waals surface area contributed by atoms with Crippen molar-refractivity contribution in [2.24, 2.45) is 0 Å². The van der Waals surface area contributed by atoms with Crippen molar-refractivity contribution in [3.63, 3.8) is 0 Å². The Morgan fingerprint density at radius 3 is 2.85 bits per heavy atom. The minimum absolute atomic E-state index is 0.149. The third kappa shape index (κ3) is 3.68. The van der Waals surface area contributed by atoms with Crippen LogP contribution in [-0.2, 0) is 15.6 Å². The fourth-order valence-electron chi connectivity index (χ4n) is 1.68. The highest BCUT2D eigenvalue weighted by Gasteiger charge is 2.10. The lowest BCUT2D eigenvalue weighted by atomic mass is 10.1. The SMILES string of the molecule is Cc1c(N)cccc1NC(=O)CCS(=O)c1cccs1. The van der Waals surface area contributed by atoms with Crippen molar-refractivity contribution >= 4 is 39.4 Å². The van der Waals surface area contributed by atoms with Gasteiger partial charge in [0.25, 0.3) is 0 Å². The second-order valence-electron chi connectivity index (χ2n) is 4.30. The molecule has 0 saturated heterocycles. The minimum Gasteiger partial charge on any atom is -0.398 e. The van der Waals surface area contributed by atoms with Gasteiger partial charge in [0.15, 0.2) is 0 Å². The third-order valence-corrected chi connectivity index (χ3v) is 5.55. The molecule has 1 unspecified atom stereocenters. The summed E-state index contributed by atoms with van der Waals surface area (Å²) in [5.74, 6) is 0.178. The van der Waals surface area contributed by atoms with E-state index >= 15 is 0 Å². The zero-order valence-electron chi connectivity index (χ0n) is 11.1. The first-order valence-corrected chi connectivity index (χ1v) is 8.34. The maximum atomic E-state index is 11.9. The Hall–Kier alpha value is -1.66. The van der Waals surface area contributed by atoms with Crippen LogP contribution in [0, 0.1) is 6.92 Å². The molecule has 0 aliphatic heterocycles. The van der Waals surface area contributed by atoms with E-state index in [4.69, 9.17) is 5.73 Å². The van der Waals surface area contributed by atoms with Gasteiger partial charge >= 0.3 is 0 Å². The Bertz CT molecular complexity index is 624. The summed E-state index contributed by atoms with van der Waals surface area (Å²) in [6.07, 6.45) is 0.221. The molecule has 1 amide bonds. The van der Waals surface area contributed by atoms with Crippen LogP contribution in [0.4, 0.5) is 11.4 Å². The molecule has 6 heteroatoms. The lowest BCUT2D eigenvalue weighted by molar-refractivity contribution is -0.115. The van der Waals surface area contributed by atoms with E-state index < -0.39 is 10.8 Å². The summed E-state index contributed by atoms with van der Waals surface area (Å²) in [4.78, 5) is 11.9. The van der Waals surface area contributed by atoms with E-state index in [1.807, 2.05) is 24.4 Å². The van der Waals surface area contributed by atoms with Gasteiger partial charge in [-0.25, -0.2) is 0 Å². The van der Waals surface area contributed by atoms with Gasteiger partial charge in [0.2, 0.25) is 5.91 Å².